The lowest BCUT2D eigenvalue weighted by atomic mass is 10.2. The molecule has 0 bridgehead atoms. The molecule has 2 aromatic rings. The van der Waals surface area contributed by atoms with Gasteiger partial charge in [-0.2, -0.15) is 10.1 Å². The minimum atomic E-state index is 0.217. The molecule has 1 atom stereocenters. The van der Waals surface area contributed by atoms with Gasteiger partial charge in [-0.05, 0) is 25.3 Å². The number of aromatic nitrogens is 4. The average molecular weight is 317 g/mol. The molecule has 0 aliphatic carbocycles. The van der Waals surface area contributed by atoms with Gasteiger partial charge in [0.2, 0.25) is 11.8 Å². The summed E-state index contributed by atoms with van der Waals surface area (Å²) >= 11 is 0. The van der Waals surface area contributed by atoms with E-state index in [-0.39, 0.29) is 11.9 Å². The summed E-state index contributed by atoms with van der Waals surface area (Å²) in [6.45, 7) is 3.62. The minimum Gasteiger partial charge on any atom is -0.339 e. The van der Waals surface area contributed by atoms with E-state index in [1.165, 1.54) is 0 Å². The van der Waals surface area contributed by atoms with Crippen molar-refractivity contribution in [2.45, 2.75) is 58.0 Å². The average Bonchev–Trinajstić information content (AvgIpc) is 3.28. The Bertz CT molecular complexity index is 622. The molecule has 23 heavy (non-hydrogen) atoms. The highest BCUT2D eigenvalue weighted by molar-refractivity contribution is 5.76. The van der Waals surface area contributed by atoms with E-state index in [2.05, 4.69) is 15.2 Å². The SMILES string of the molecule is CCc1noc(CCCC(=O)N2CCCC2Cn2cccn2)n1. The fourth-order valence-electron chi connectivity index (χ4n) is 3.05. The molecule has 7 nitrogen and oxygen atoms in total. The standard InChI is InChI=1S/C16H23N5O2/c1-2-14-18-15(23-19-14)7-3-8-16(22)21-11-4-6-13(21)12-20-10-5-9-17-20/h5,9-10,13H,2-4,6-8,11-12H2,1H3. The van der Waals surface area contributed by atoms with Crippen LogP contribution in [0.15, 0.2) is 23.0 Å². The molecule has 0 N–H and O–H groups in total. The molecular weight excluding hydrogens is 294 g/mol. The van der Waals surface area contributed by atoms with Crippen molar-refractivity contribution >= 4 is 5.91 Å². The maximum atomic E-state index is 12.5. The van der Waals surface area contributed by atoms with E-state index in [1.807, 2.05) is 28.8 Å². The number of amides is 1. The molecule has 3 heterocycles. The Labute approximate surface area is 135 Å². The van der Waals surface area contributed by atoms with Gasteiger partial charge in [0, 0.05) is 38.2 Å². The number of aryl methyl sites for hydroxylation is 2. The maximum absolute atomic E-state index is 12.5. The number of rotatable bonds is 7. The molecule has 1 saturated heterocycles. The van der Waals surface area contributed by atoms with E-state index in [0.717, 1.165) is 44.6 Å². The second-order valence-electron chi connectivity index (χ2n) is 5.92. The highest BCUT2D eigenvalue weighted by atomic mass is 16.5. The Morgan fingerprint density at radius 3 is 3.13 bits per heavy atom. The van der Waals surface area contributed by atoms with Crippen LogP contribution in [-0.4, -0.2) is 43.3 Å². The Morgan fingerprint density at radius 1 is 1.48 bits per heavy atom. The first-order chi connectivity index (χ1) is 11.3. The number of likely N-dealkylation sites (tertiary alicyclic amines) is 1. The summed E-state index contributed by atoms with van der Waals surface area (Å²) < 4.78 is 7.06. The molecule has 124 valence electrons. The van der Waals surface area contributed by atoms with Crippen LogP contribution in [0.5, 0.6) is 0 Å². The van der Waals surface area contributed by atoms with Crippen molar-refractivity contribution in [1.82, 2.24) is 24.8 Å². The van der Waals surface area contributed by atoms with Crippen molar-refractivity contribution in [3.8, 4) is 0 Å². The van der Waals surface area contributed by atoms with Crippen LogP contribution in [0.4, 0.5) is 0 Å². The molecule has 0 radical (unpaired) electrons. The van der Waals surface area contributed by atoms with Crippen LogP contribution in [0.3, 0.4) is 0 Å². The monoisotopic (exact) mass is 317 g/mol. The lowest BCUT2D eigenvalue weighted by molar-refractivity contribution is -0.132. The molecule has 3 rings (SSSR count). The molecule has 0 saturated carbocycles. The van der Waals surface area contributed by atoms with Crippen molar-refractivity contribution < 1.29 is 9.32 Å². The first kappa shape index (κ1) is 15.7. The third-order valence-corrected chi connectivity index (χ3v) is 4.26. The topological polar surface area (TPSA) is 77.0 Å². The van der Waals surface area contributed by atoms with E-state index in [4.69, 9.17) is 4.52 Å². The van der Waals surface area contributed by atoms with Gasteiger partial charge in [0.1, 0.15) is 0 Å². The van der Waals surface area contributed by atoms with E-state index in [0.29, 0.717) is 18.7 Å². The Balaban J connectivity index is 1.47. The summed E-state index contributed by atoms with van der Waals surface area (Å²) in [5.41, 5.74) is 0. The van der Waals surface area contributed by atoms with Crippen LogP contribution in [-0.2, 0) is 24.2 Å². The molecule has 1 aliphatic heterocycles. The van der Waals surface area contributed by atoms with Crippen LogP contribution in [0.25, 0.3) is 0 Å². The normalized spacial score (nSPS) is 17.8. The zero-order valence-electron chi connectivity index (χ0n) is 13.5. The Morgan fingerprint density at radius 2 is 2.39 bits per heavy atom. The highest BCUT2D eigenvalue weighted by Crippen LogP contribution is 2.20. The molecule has 1 unspecified atom stereocenters. The van der Waals surface area contributed by atoms with Crippen LogP contribution in [0.2, 0.25) is 0 Å². The van der Waals surface area contributed by atoms with Gasteiger partial charge in [0.05, 0.1) is 12.6 Å². The predicted molar refractivity (Wildman–Crippen MR) is 83.6 cm³/mol. The van der Waals surface area contributed by atoms with Gasteiger partial charge in [0.25, 0.3) is 0 Å². The molecule has 1 aliphatic rings. The van der Waals surface area contributed by atoms with Crippen LogP contribution < -0.4 is 0 Å². The van der Waals surface area contributed by atoms with Crippen LogP contribution in [0.1, 0.15) is 44.3 Å². The molecule has 0 aromatic carbocycles. The van der Waals surface area contributed by atoms with Crippen LogP contribution >= 0.6 is 0 Å². The van der Waals surface area contributed by atoms with Gasteiger partial charge in [-0.3, -0.25) is 9.48 Å². The Kier molecular flexibility index (Phi) is 5.05. The summed E-state index contributed by atoms with van der Waals surface area (Å²) in [5, 5.41) is 8.11. The van der Waals surface area contributed by atoms with Gasteiger partial charge in [-0.25, -0.2) is 0 Å². The van der Waals surface area contributed by atoms with E-state index in [1.54, 1.807) is 6.20 Å². The molecule has 0 spiro atoms. The predicted octanol–water partition coefficient (Wildman–Crippen LogP) is 1.84. The third-order valence-electron chi connectivity index (χ3n) is 4.26. The van der Waals surface area contributed by atoms with E-state index in [9.17, 15) is 4.79 Å². The van der Waals surface area contributed by atoms with Gasteiger partial charge in [-0.1, -0.05) is 12.1 Å². The van der Waals surface area contributed by atoms with Crippen molar-refractivity contribution in [2.75, 3.05) is 6.54 Å². The molecule has 2 aromatic heterocycles. The van der Waals surface area contributed by atoms with Crippen molar-refractivity contribution in [3.05, 3.63) is 30.2 Å². The van der Waals surface area contributed by atoms with Crippen molar-refractivity contribution in [2.24, 2.45) is 0 Å². The highest BCUT2D eigenvalue weighted by Gasteiger charge is 2.28. The second-order valence-corrected chi connectivity index (χ2v) is 5.92. The number of nitrogens with zero attached hydrogens (tertiary/aromatic N) is 5. The largest absolute Gasteiger partial charge is 0.339 e. The fraction of sp³-hybridized carbons (Fsp3) is 0.625. The zero-order chi connectivity index (χ0) is 16.1. The summed E-state index contributed by atoms with van der Waals surface area (Å²) in [7, 11) is 0. The smallest absolute Gasteiger partial charge is 0.226 e. The quantitative estimate of drug-likeness (QED) is 0.779. The number of carbonyl (C=O) groups is 1. The van der Waals surface area contributed by atoms with Gasteiger partial charge in [-0.15, -0.1) is 0 Å². The van der Waals surface area contributed by atoms with Crippen LogP contribution in [0, 0.1) is 0 Å². The van der Waals surface area contributed by atoms with E-state index < -0.39 is 0 Å². The molecular formula is C16H23N5O2. The molecule has 7 heteroatoms. The fourth-order valence-corrected chi connectivity index (χ4v) is 3.05. The third kappa shape index (κ3) is 3.97. The van der Waals surface area contributed by atoms with E-state index >= 15 is 0 Å². The Hall–Kier alpha value is -2.18. The van der Waals surface area contributed by atoms with Crippen molar-refractivity contribution in [3.63, 3.8) is 0 Å². The maximum Gasteiger partial charge on any atom is 0.226 e. The summed E-state index contributed by atoms with van der Waals surface area (Å²) in [5.74, 6) is 1.57. The summed E-state index contributed by atoms with van der Waals surface area (Å²) in [6.07, 6.45) is 8.55. The van der Waals surface area contributed by atoms with Gasteiger partial charge in [0.15, 0.2) is 5.82 Å². The summed E-state index contributed by atoms with van der Waals surface area (Å²) in [4.78, 5) is 18.7. The molecule has 1 amide bonds. The number of hydrogen-bond acceptors (Lipinski definition) is 5. The summed E-state index contributed by atoms with van der Waals surface area (Å²) in [6, 6.07) is 2.17. The molecule has 1 fully saturated rings. The lowest BCUT2D eigenvalue weighted by Gasteiger charge is -2.24. The first-order valence-corrected chi connectivity index (χ1v) is 8.34. The lowest BCUT2D eigenvalue weighted by Crippen LogP contribution is -2.38. The number of hydrogen-bond donors (Lipinski definition) is 0. The zero-order valence-corrected chi connectivity index (χ0v) is 13.5. The first-order valence-electron chi connectivity index (χ1n) is 8.34. The number of carbonyl (C=O) groups excluding carboxylic acids is 1. The van der Waals surface area contributed by atoms with Gasteiger partial charge >= 0.3 is 0 Å². The second kappa shape index (κ2) is 7.39. The minimum absolute atomic E-state index is 0.217. The van der Waals surface area contributed by atoms with Crippen molar-refractivity contribution in [1.29, 1.82) is 0 Å². The van der Waals surface area contributed by atoms with Gasteiger partial charge < -0.3 is 9.42 Å².